The van der Waals surface area contributed by atoms with Crippen LogP contribution in [0.25, 0.3) is 21.8 Å². The first kappa shape index (κ1) is 17.6. The van der Waals surface area contributed by atoms with Crippen molar-refractivity contribution >= 4 is 39.5 Å². The molecule has 2 unspecified atom stereocenters. The lowest BCUT2D eigenvalue weighted by molar-refractivity contribution is -0.128. The fraction of sp³-hybridized carbons (Fsp3) is 0.273. The Hall–Kier alpha value is -3.48. The van der Waals surface area contributed by atoms with Crippen LogP contribution in [0.4, 0.5) is 0 Å². The lowest BCUT2D eigenvalue weighted by Gasteiger charge is -2.25. The quantitative estimate of drug-likeness (QED) is 0.490. The molecule has 3 heterocycles. The Kier molecular flexibility index (Phi) is 3.36. The van der Waals surface area contributed by atoms with Crippen LogP contribution in [0.2, 0.25) is 0 Å². The third kappa shape index (κ3) is 2.18. The summed E-state index contributed by atoms with van der Waals surface area (Å²) >= 11 is 0. The molecular formula is C22H19N3O4. The zero-order valence-electron chi connectivity index (χ0n) is 16.0. The maximum Gasteiger partial charge on any atom is 0.253 e. The number of aromatic nitrogens is 1. The Morgan fingerprint density at radius 2 is 1.52 bits per heavy atom. The summed E-state index contributed by atoms with van der Waals surface area (Å²) in [5, 5.41) is 3.38. The fourth-order valence-corrected chi connectivity index (χ4v) is 4.57. The van der Waals surface area contributed by atoms with Gasteiger partial charge in [0, 0.05) is 40.5 Å². The number of likely N-dealkylation sites (tertiary alicyclic amines) is 1. The van der Waals surface area contributed by atoms with Gasteiger partial charge < -0.3 is 9.88 Å². The minimum absolute atomic E-state index is 0.143. The van der Waals surface area contributed by atoms with Gasteiger partial charge in [-0.1, -0.05) is 12.1 Å². The van der Waals surface area contributed by atoms with E-state index in [2.05, 4.69) is 10.3 Å². The first-order valence-corrected chi connectivity index (χ1v) is 9.45. The van der Waals surface area contributed by atoms with Crippen molar-refractivity contribution in [2.75, 3.05) is 13.1 Å². The number of amides is 3. The highest BCUT2D eigenvalue weighted by molar-refractivity contribution is 6.11. The number of pyridine rings is 1. The van der Waals surface area contributed by atoms with E-state index in [0.717, 1.165) is 5.52 Å². The molecule has 0 saturated carbocycles. The topological polar surface area (TPSA) is 99.3 Å². The summed E-state index contributed by atoms with van der Waals surface area (Å²) in [4.78, 5) is 55.5. The van der Waals surface area contributed by atoms with Gasteiger partial charge in [-0.05, 0) is 44.2 Å². The molecule has 2 N–H and O–H groups in total. The summed E-state index contributed by atoms with van der Waals surface area (Å²) in [7, 11) is 0. The van der Waals surface area contributed by atoms with Crippen LogP contribution < -0.4 is 10.7 Å². The number of H-pyrrole nitrogens is 1. The van der Waals surface area contributed by atoms with E-state index in [1.54, 1.807) is 44.2 Å². The molecule has 3 aromatic rings. The Morgan fingerprint density at radius 1 is 0.897 bits per heavy atom. The van der Waals surface area contributed by atoms with Crippen LogP contribution in [-0.2, 0) is 9.59 Å². The van der Waals surface area contributed by atoms with Crippen LogP contribution in [0, 0.1) is 10.8 Å². The molecule has 2 atom stereocenters. The number of carbonyl (C=O) groups is 3. The van der Waals surface area contributed by atoms with Gasteiger partial charge in [0.15, 0.2) is 5.43 Å². The average Bonchev–Trinajstić information content (AvgIpc) is 3.08. The van der Waals surface area contributed by atoms with Crippen LogP contribution in [0.1, 0.15) is 24.2 Å². The molecule has 2 aliphatic heterocycles. The van der Waals surface area contributed by atoms with E-state index in [1.165, 1.54) is 4.90 Å². The zero-order valence-corrected chi connectivity index (χ0v) is 16.0. The molecule has 7 heteroatoms. The molecule has 146 valence electrons. The van der Waals surface area contributed by atoms with Gasteiger partial charge >= 0.3 is 0 Å². The summed E-state index contributed by atoms with van der Waals surface area (Å²) in [6, 6.07) is 12.2. The van der Waals surface area contributed by atoms with Crippen molar-refractivity contribution in [3.8, 4) is 0 Å². The number of para-hydroxylation sites is 1. The molecule has 29 heavy (non-hydrogen) atoms. The van der Waals surface area contributed by atoms with Crippen molar-refractivity contribution in [3.05, 3.63) is 58.3 Å². The van der Waals surface area contributed by atoms with E-state index in [1.807, 2.05) is 12.1 Å². The minimum Gasteiger partial charge on any atom is -0.354 e. The predicted molar refractivity (Wildman–Crippen MR) is 107 cm³/mol. The summed E-state index contributed by atoms with van der Waals surface area (Å²) < 4.78 is 0. The van der Waals surface area contributed by atoms with Gasteiger partial charge in [0.25, 0.3) is 5.91 Å². The smallest absolute Gasteiger partial charge is 0.253 e. The number of hydrogen-bond donors (Lipinski definition) is 2. The third-order valence-electron chi connectivity index (χ3n) is 6.70. The number of rotatable bonds is 1. The molecule has 0 aliphatic carbocycles. The second-order valence-electron chi connectivity index (χ2n) is 8.37. The standard InChI is InChI=1S/C22H19N3O4/c1-21-10-25(11-22(21,2)20(29)24-19(21)28)18(27)12-7-8-16-14(9-12)17(26)13-5-3-4-6-15(13)23-16/h3-9H,10-11H2,1-2H3,(H,23,26)(H,24,28,29). The first-order chi connectivity index (χ1) is 13.7. The molecule has 5 rings (SSSR count). The average molecular weight is 389 g/mol. The monoisotopic (exact) mass is 389 g/mol. The molecule has 7 nitrogen and oxygen atoms in total. The van der Waals surface area contributed by atoms with E-state index in [9.17, 15) is 19.2 Å². The molecule has 2 aliphatic rings. The van der Waals surface area contributed by atoms with Gasteiger partial charge in [-0.3, -0.25) is 24.5 Å². The summed E-state index contributed by atoms with van der Waals surface area (Å²) in [6.45, 7) is 3.76. The van der Waals surface area contributed by atoms with Crippen molar-refractivity contribution < 1.29 is 14.4 Å². The number of nitrogens with zero attached hydrogens (tertiary/aromatic N) is 1. The molecular weight excluding hydrogens is 370 g/mol. The van der Waals surface area contributed by atoms with Crippen molar-refractivity contribution in [2.24, 2.45) is 10.8 Å². The number of carbonyl (C=O) groups excluding carboxylic acids is 3. The largest absolute Gasteiger partial charge is 0.354 e. The molecule has 0 spiro atoms. The maximum atomic E-state index is 13.2. The van der Waals surface area contributed by atoms with Crippen LogP contribution >= 0.6 is 0 Å². The zero-order chi connectivity index (χ0) is 20.6. The molecule has 0 bridgehead atoms. The minimum atomic E-state index is -0.954. The maximum absolute atomic E-state index is 13.2. The third-order valence-corrected chi connectivity index (χ3v) is 6.70. The van der Waals surface area contributed by atoms with Gasteiger partial charge in [-0.15, -0.1) is 0 Å². The van der Waals surface area contributed by atoms with Gasteiger partial charge in [-0.2, -0.15) is 0 Å². The molecule has 0 radical (unpaired) electrons. The van der Waals surface area contributed by atoms with Gasteiger partial charge in [-0.25, -0.2) is 0 Å². The van der Waals surface area contributed by atoms with Gasteiger partial charge in [0.2, 0.25) is 11.8 Å². The summed E-state index contributed by atoms with van der Waals surface area (Å²) in [5.74, 6) is -0.986. The molecule has 2 fully saturated rings. The van der Waals surface area contributed by atoms with Crippen LogP contribution in [0.15, 0.2) is 47.3 Å². The van der Waals surface area contributed by atoms with Crippen molar-refractivity contribution in [2.45, 2.75) is 13.8 Å². The number of benzene rings is 2. The molecule has 1 aromatic heterocycles. The van der Waals surface area contributed by atoms with Gasteiger partial charge in [0.1, 0.15) is 0 Å². The van der Waals surface area contributed by atoms with E-state index in [4.69, 9.17) is 0 Å². The van der Waals surface area contributed by atoms with Crippen molar-refractivity contribution in [1.29, 1.82) is 0 Å². The van der Waals surface area contributed by atoms with E-state index in [0.29, 0.717) is 21.9 Å². The van der Waals surface area contributed by atoms with Crippen LogP contribution in [0.3, 0.4) is 0 Å². The van der Waals surface area contributed by atoms with Crippen molar-refractivity contribution in [3.63, 3.8) is 0 Å². The lowest BCUT2D eigenvalue weighted by atomic mass is 9.70. The number of nitrogens with one attached hydrogen (secondary N) is 2. The highest BCUT2D eigenvalue weighted by Crippen LogP contribution is 2.50. The summed E-state index contributed by atoms with van der Waals surface area (Å²) in [5.41, 5.74) is -0.304. The van der Waals surface area contributed by atoms with Crippen LogP contribution in [-0.4, -0.2) is 40.7 Å². The second kappa shape index (κ2) is 5.53. The normalized spacial score (nSPS) is 26.2. The fourth-order valence-electron chi connectivity index (χ4n) is 4.57. The number of fused-ring (bicyclic) bond motifs is 3. The Labute approximate surface area is 165 Å². The Morgan fingerprint density at radius 3 is 2.21 bits per heavy atom. The Balaban J connectivity index is 1.56. The van der Waals surface area contributed by atoms with E-state index in [-0.39, 0.29) is 36.2 Å². The lowest BCUT2D eigenvalue weighted by Crippen LogP contribution is -2.38. The number of hydrogen-bond acceptors (Lipinski definition) is 4. The second-order valence-corrected chi connectivity index (χ2v) is 8.37. The first-order valence-electron chi connectivity index (χ1n) is 9.45. The predicted octanol–water partition coefficient (Wildman–Crippen LogP) is 1.81. The van der Waals surface area contributed by atoms with Crippen molar-refractivity contribution in [1.82, 2.24) is 15.2 Å². The molecule has 2 aromatic carbocycles. The van der Waals surface area contributed by atoms with Gasteiger partial charge in [0.05, 0.1) is 10.8 Å². The molecule has 3 amide bonds. The van der Waals surface area contributed by atoms with E-state index >= 15 is 0 Å². The molecule has 2 saturated heterocycles. The highest BCUT2D eigenvalue weighted by atomic mass is 16.2. The number of aromatic amines is 1. The van der Waals surface area contributed by atoms with E-state index < -0.39 is 10.8 Å². The number of imide groups is 1. The van der Waals surface area contributed by atoms with Crippen LogP contribution in [0.5, 0.6) is 0 Å². The SMILES string of the molecule is CC12CN(C(=O)c3ccc4[nH]c5ccccc5c(=O)c4c3)CC1(C)C(=O)NC2=O. The highest BCUT2D eigenvalue weighted by Gasteiger charge is 2.66. The summed E-state index contributed by atoms with van der Waals surface area (Å²) in [6.07, 6.45) is 0. The Bertz CT molecular complexity index is 1280.